The van der Waals surface area contributed by atoms with Crippen LogP contribution in [0, 0.1) is 17.3 Å². The quantitative estimate of drug-likeness (QED) is 0.0359. The second kappa shape index (κ2) is 34.9. The molecule has 0 unspecified atom stereocenters. The summed E-state index contributed by atoms with van der Waals surface area (Å²) in [6.45, 7) is 14.0. The molecule has 0 aromatic carbocycles. The Labute approximate surface area is 406 Å². The van der Waals surface area contributed by atoms with Crippen molar-refractivity contribution in [1.82, 2.24) is 0 Å². The summed E-state index contributed by atoms with van der Waals surface area (Å²) in [6.07, 6.45) is 50.9. The monoisotopic (exact) mass is 961 g/mol. The van der Waals surface area contributed by atoms with E-state index in [4.69, 9.17) is 9.05 Å². The first-order valence-corrected chi connectivity index (χ1v) is 34.4. The number of unbranched alkanes of at least 4 members (excludes halogenated alkanes) is 30. The Bertz CT molecular complexity index is 1030. The second-order valence-electron chi connectivity index (χ2n) is 23.1. The number of hydrogen-bond donors (Lipinski definition) is 4. The molecule has 2 rings (SSSR count). The standard InChI is InChI=1S/C57H118O6P2/c1-7-11-15-19-23-25-27-29-31-35-39-51-64(58,59,49-37-33-21-17-13-9-3)62-55-45-41-53(42-46-55)57(5,6)54-43-47-56(48-44-54)63-65(60,61,50-38-34-22-18-14-10-4)52-40-36-32-30-28-26-24-20-16-12-8-2/h53-56,58-61H,7-52H2,1-6H3. The molecule has 6 nitrogen and oxygen atoms in total. The van der Waals surface area contributed by atoms with Gasteiger partial charge in [-0.3, -0.25) is 0 Å². The van der Waals surface area contributed by atoms with E-state index < -0.39 is 14.6 Å². The van der Waals surface area contributed by atoms with E-state index in [2.05, 4.69) is 41.5 Å². The van der Waals surface area contributed by atoms with Gasteiger partial charge in [0.15, 0.2) is 0 Å². The zero-order chi connectivity index (χ0) is 47.6. The Morgan fingerprint density at radius 3 is 0.692 bits per heavy atom. The van der Waals surface area contributed by atoms with Crippen molar-refractivity contribution in [3.63, 3.8) is 0 Å². The first-order chi connectivity index (χ1) is 31.2. The molecule has 0 spiro atoms. The van der Waals surface area contributed by atoms with E-state index >= 15 is 0 Å². The molecule has 2 saturated carbocycles. The van der Waals surface area contributed by atoms with Crippen molar-refractivity contribution < 1.29 is 28.6 Å². The Balaban J connectivity index is 1.89. The Kier molecular flexibility index (Phi) is 33.1. The van der Waals surface area contributed by atoms with E-state index in [-0.39, 0.29) is 17.6 Å². The minimum absolute atomic E-state index is 0.0540. The first-order valence-electron chi connectivity index (χ1n) is 29.6. The van der Waals surface area contributed by atoms with Gasteiger partial charge in [0.2, 0.25) is 0 Å². The van der Waals surface area contributed by atoms with Gasteiger partial charge in [0.05, 0.1) is 0 Å². The van der Waals surface area contributed by atoms with Crippen molar-refractivity contribution in [2.45, 2.75) is 323 Å². The second-order valence-corrected chi connectivity index (χ2v) is 30.5. The molecule has 392 valence electrons. The van der Waals surface area contributed by atoms with Crippen molar-refractivity contribution >= 4 is 14.6 Å². The molecular formula is C57H118O6P2. The summed E-state index contributed by atoms with van der Waals surface area (Å²) in [5.74, 6) is 1.17. The molecule has 0 bridgehead atoms. The van der Waals surface area contributed by atoms with Gasteiger partial charge in [-0.1, -0.05) is 13.8 Å². The van der Waals surface area contributed by atoms with Crippen molar-refractivity contribution in [2.75, 3.05) is 24.6 Å². The topological polar surface area (TPSA) is 99.4 Å². The van der Waals surface area contributed by atoms with E-state index in [1.807, 2.05) is 0 Å². The SMILES string of the molecule is CCCCCCCCCCCCCP(O)(O)(CCCCCCCC)OC1CCC(C(C)(C)C2CCC(OP(O)(O)(CCCCCCCC)CCCCCCCCCCCCC)CC2)CC1. The van der Waals surface area contributed by atoms with Crippen molar-refractivity contribution in [2.24, 2.45) is 17.3 Å². The predicted molar refractivity (Wildman–Crippen MR) is 289 cm³/mol. The summed E-state index contributed by atoms with van der Waals surface area (Å²) in [4.78, 5) is 48.7. The molecular weight excluding hydrogens is 843 g/mol. The molecule has 0 saturated heterocycles. The van der Waals surface area contributed by atoms with Gasteiger partial charge >= 0.3 is 395 Å². The van der Waals surface area contributed by atoms with Crippen LogP contribution in [-0.4, -0.2) is 56.4 Å². The molecule has 0 heterocycles. The summed E-state index contributed by atoms with van der Waals surface area (Å²) < 4.78 is 13.3. The van der Waals surface area contributed by atoms with E-state index in [9.17, 15) is 19.6 Å². The van der Waals surface area contributed by atoms with Gasteiger partial charge in [-0.15, -0.1) is 0 Å². The molecule has 0 atom stereocenters. The normalized spacial score (nSPS) is 21.3. The summed E-state index contributed by atoms with van der Waals surface area (Å²) in [7, 11) is -8.44. The molecule has 4 N–H and O–H groups in total. The third kappa shape index (κ3) is 28.3. The minimum atomic E-state index is -4.22. The van der Waals surface area contributed by atoms with Crippen molar-refractivity contribution in [3.05, 3.63) is 0 Å². The molecule has 0 amide bonds. The van der Waals surface area contributed by atoms with Crippen LogP contribution in [0.15, 0.2) is 0 Å². The fraction of sp³-hybridized carbons (Fsp3) is 1.00. The summed E-state index contributed by atoms with van der Waals surface area (Å²) >= 11 is 0. The first kappa shape index (κ1) is 61.7. The van der Waals surface area contributed by atoms with Crippen molar-refractivity contribution in [1.29, 1.82) is 0 Å². The van der Waals surface area contributed by atoms with Gasteiger partial charge in [-0.25, -0.2) is 0 Å². The van der Waals surface area contributed by atoms with E-state index in [1.54, 1.807) is 0 Å². The predicted octanol–water partition coefficient (Wildman–Crippen LogP) is 19.1. The van der Waals surface area contributed by atoms with Crippen molar-refractivity contribution in [3.8, 4) is 0 Å². The van der Waals surface area contributed by atoms with Crippen LogP contribution in [0.1, 0.15) is 311 Å². The molecule has 0 aromatic heterocycles. The number of rotatable bonds is 44. The van der Waals surface area contributed by atoms with Crippen LogP contribution in [0.2, 0.25) is 0 Å². The van der Waals surface area contributed by atoms with Gasteiger partial charge in [-0.2, -0.15) is 0 Å². The van der Waals surface area contributed by atoms with E-state index in [0.29, 0.717) is 36.5 Å². The fourth-order valence-corrected chi connectivity index (χ4v) is 18.0. The summed E-state index contributed by atoms with van der Waals surface area (Å²) in [5.41, 5.74) is 0.172. The number of hydrogen-bond acceptors (Lipinski definition) is 6. The average molecular weight is 962 g/mol. The molecule has 0 radical (unpaired) electrons. The Morgan fingerprint density at radius 2 is 0.492 bits per heavy atom. The van der Waals surface area contributed by atoms with Crippen LogP contribution < -0.4 is 0 Å². The molecule has 8 heteroatoms. The average Bonchev–Trinajstić information content (AvgIpc) is 3.27. The van der Waals surface area contributed by atoms with Crippen LogP contribution in [0.25, 0.3) is 0 Å². The fourth-order valence-electron chi connectivity index (χ4n) is 11.9. The Morgan fingerprint density at radius 1 is 0.308 bits per heavy atom. The maximum absolute atomic E-state index is 12.2. The van der Waals surface area contributed by atoms with E-state index in [0.717, 1.165) is 103 Å². The van der Waals surface area contributed by atoms with E-state index in [1.165, 1.54) is 167 Å². The Hall–Kier alpha value is 0.620. The van der Waals surface area contributed by atoms with Gasteiger partial charge < -0.3 is 0 Å². The van der Waals surface area contributed by atoms with Gasteiger partial charge in [0.25, 0.3) is 0 Å². The molecule has 0 aromatic rings. The molecule has 2 fully saturated rings. The zero-order valence-electron chi connectivity index (χ0n) is 44.8. The zero-order valence-corrected chi connectivity index (χ0v) is 46.6. The van der Waals surface area contributed by atoms with Crippen LogP contribution in [-0.2, 0) is 9.05 Å². The van der Waals surface area contributed by atoms with Gasteiger partial charge in [0.1, 0.15) is 0 Å². The molecule has 0 aliphatic heterocycles. The summed E-state index contributed by atoms with van der Waals surface area (Å²) in [6, 6.07) is 0. The molecule has 2 aliphatic carbocycles. The molecule has 2 aliphatic rings. The van der Waals surface area contributed by atoms with Crippen LogP contribution in [0.3, 0.4) is 0 Å². The summed E-state index contributed by atoms with van der Waals surface area (Å²) in [5, 5.41) is 0. The third-order valence-corrected chi connectivity index (χ3v) is 23.0. The van der Waals surface area contributed by atoms with Crippen LogP contribution >= 0.6 is 14.6 Å². The maximum atomic E-state index is 12.2. The van der Waals surface area contributed by atoms with Gasteiger partial charge in [-0.05, 0) is 0 Å². The van der Waals surface area contributed by atoms with Crippen LogP contribution in [0.4, 0.5) is 0 Å². The van der Waals surface area contributed by atoms with Gasteiger partial charge in [0, 0.05) is 0 Å². The third-order valence-electron chi connectivity index (χ3n) is 16.6. The molecule has 65 heavy (non-hydrogen) atoms. The van der Waals surface area contributed by atoms with Crippen LogP contribution in [0.5, 0.6) is 0 Å².